The third-order valence-electron chi connectivity index (χ3n) is 4.35. The highest BCUT2D eigenvalue weighted by molar-refractivity contribution is 6.09. The van der Waals surface area contributed by atoms with Crippen LogP contribution in [0.1, 0.15) is 37.3 Å². The molecule has 2 rings (SSSR count). The van der Waals surface area contributed by atoms with Crippen LogP contribution in [0.2, 0.25) is 0 Å². The summed E-state index contributed by atoms with van der Waals surface area (Å²) < 4.78 is 5.00. The number of imide groups is 1. The molecule has 0 radical (unpaired) electrons. The van der Waals surface area contributed by atoms with Crippen LogP contribution in [0.25, 0.3) is 0 Å². The molecule has 1 atom stereocenters. The number of benzene rings is 1. The van der Waals surface area contributed by atoms with Crippen LogP contribution < -0.4 is 0 Å². The molecule has 1 aliphatic rings. The van der Waals surface area contributed by atoms with Crippen LogP contribution in [0.3, 0.4) is 0 Å². The van der Waals surface area contributed by atoms with Gasteiger partial charge < -0.3 is 4.74 Å². The molecule has 2 amide bonds. The highest BCUT2D eigenvalue weighted by atomic mass is 16.5. The van der Waals surface area contributed by atoms with Crippen LogP contribution in [0.15, 0.2) is 24.3 Å². The number of carbonyl (C=O) groups is 2. The van der Waals surface area contributed by atoms with Crippen LogP contribution >= 0.6 is 0 Å². The Balaban J connectivity index is 2.26. The lowest BCUT2D eigenvalue weighted by Gasteiger charge is -2.26. The molecular formula is C17H23NO3. The van der Waals surface area contributed by atoms with Crippen LogP contribution in [0.5, 0.6) is 0 Å². The van der Waals surface area contributed by atoms with Crippen molar-refractivity contribution in [3.63, 3.8) is 0 Å². The summed E-state index contributed by atoms with van der Waals surface area (Å²) in [5.41, 5.74) is 1.42. The van der Waals surface area contributed by atoms with E-state index < -0.39 is 5.41 Å². The molecule has 4 nitrogen and oxygen atoms in total. The lowest BCUT2D eigenvalue weighted by Crippen LogP contribution is -2.38. The third kappa shape index (κ3) is 2.86. The first kappa shape index (κ1) is 15.7. The van der Waals surface area contributed by atoms with E-state index in [1.807, 2.05) is 38.1 Å². The van der Waals surface area contributed by atoms with Gasteiger partial charge in [0.2, 0.25) is 11.8 Å². The number of amides is 2. The zero-order valence-electron chi connectivity index (χ0n) is 13.0. The van der Waals surface area contributed by atoms with Gasteiger partial charge in [-0.15, -0.1) is 0 Å². The van der Waals surface area contributed by atoms with E-state index in [1.54, 1.807) is 7.11 Å². The van der Waals surface area contributed by atoms with Crippen LogP contribution in [-0.4, -0.2) is 37.0 Å². The van der Waals surface area contributed by atoms with E-state index in [-0.39, 0.29) is 18.2 Å². The molecule has 114 valence electrons. The monoisotopic (exact) mass is 289 g/mol. The number of nitrogens with zero attached hydrogens (tertiary/aromatic N) is 1. The molecule has 0 spiro atoms. The van der Waals surface area contributed by atoms with Gasteiger partial charge in [0.1, 0.15) is 0 Å². The van der Waals surface area contributed by atoms with Crippen molar-refractivity contribution in [2.24, 2.45) is 0 Å². The van der Waals surface area contributed by atoms with Gasteiger partial charge in [0.05, 0.1) is 5.41 Å². The minimum absolute atomic E-state index is 0.0602. The van der Waals surface area contributed by atoms with E-state index >= 15 is 0 Å². The molecule has 0 bridgehead atoms. The predicted molar refractivity (Wildman–Crippen MR) is 81.0 cm³/mol. The van der Waals surface area contributed by atoms with Crippen molar-refractivity contribution >= 4 is 11.8 Å². The molecular weight excluding hydrogens is 266 g/mol. The number of carbonyl (C=O) groups excluding carboxylic acids is 2. The van der Waals surface area contributed by atoms with Crippen molar-refractivity contribution in [2.75, 3.05) is 20.3 Å². The third-order valence-corrected chi connectivity index (χ3v) is 4.35. The maximum absolute atomic E-state index is 12.8. The SMILES string of the molecule is CC[C@@]1(c2ccc(C)cc2)CC(=O)N(CCCOC)C1=O. The van der Waals surface area contributed by atoms with E-state index in [0.717, 1.165) is 11.1 Å². The van der Waals surface area contributed by atoms with E-state index in [4.69, 9.17) is 4.74 Å². The lowest BCUT2D eigenvalue weighted by molar-refractivity contribution is -0.140. The summed E-state index contributed by atoms with van der Waals surface area (Å²) in [4.78, 5) is 26.5. The fourth-order valence-electron chi connectivity index (χ4n) is 2.97. The number of likely N-dealkylation sites (tertiary alicyclic amines) is 1. The first-order valence-corrected chi connectivity index (χ1v) is 7.46. The summed E-state index contributed by atoms with van der Waals surface area (Å²) in [6.07, 6.45) is 1.60. The predicted octanol–water partition coefficient (Wildman–Crippen LogP) is 2.44. The average molecular weight is 289 g/mol. The normalized spacial score (nSPS) is 22.1. The summed E-state index contributed by atoms with van der Waals surface area (Å²) in [6.45, 7) is 4.99. The Morgan fingerprint density at radius 3 is 2.48 bits per heavy atom. The molecule has 0 unspecified atom stereocenters. The summed E-state index contributed by atoms with van der Waals surface area (Å²) in [6, 6.07) is 7.95. The topological polar surface area (TPSA) is 46.6 Å². The van der Waals surface area contributed by atoms with E-state index in [0.29, 0.717) is 26.0 Å². The minimum Gasteiger partial charge on any atom is -0.385 e. The molecule has 4 heteroatoms. The van der Waals surface area contributed by atoms with E-state index in [1.165, 1.54) is 4.90 Å². The second-order valence-corrected chi connectivity index (χ2v) is 5.68. The molecule has 0 aliphatic carbocycles. The summed E-state index contributed by atoms with van der Waals surface area (Å²) in [5.74, 6) is -0.131. The Morgan fingerprint density at radius 2 is 1.90 bits per heavy atom. The van der Waals surface area contributed by atoms with Crippen molar-refractivity contribution < 1.29 is 14.3 Å². The Morgan fingerprint density at radius 1 is 1.24 bits per heavy atom. The maximum Gasteiger partial charge on any atom is 0.240 e. The van der Waals surface area contributed by atoms with Crippen molar-refractivity contribution in [2.45, 2.75) is 38.5 Å². The fourth-order valence-corrected chi connectivity index (χ4v) is 2.97. The van der Waals surface area contributed by atoms with Crippen molar-refractivity contribution in [3.05, 3.63) is 35.4 Å². The van der Waals surface area contributed by atoms with Crippen LogP contribution in [0, 0.1) is 6.92 Å². The van der Waals surface area contributed by atoms with E-state index in [9.17, 15) is 9.59 Å². The Labute approximate surface area is 126 Å². The lowest BCUT2D eigenvalue weighted by atomic mass is 9.76. The number of hydrogen-bond donors (Lipinski definition) is 0. The molecule has 1 aromatic carbocycles. The van der Waals surface area contributed by atoms with Gasteiger partial charge in [0, 0.05) is 26.7 Å². The molecule has 1 aromatic rings. The summed E-state index contributed by atoms with van der Waals surface area (Å²) in [5, 5.41) is 0. The standard InChI is InChI=1S/C17H23NO3/c1-4-17(14-8-6-13(2)7-9-14)12-15(19)18(16(17)20)10-5-11-21-3/h6-9H,4-5,10-12H2,1-3H3/t17-/m0/s1. The quantitative estimate of drug-likeness (QED) is 0.597. The minimum atomic E-state index is -0.683. The number of aryl methyl sites for hydroxylation is 1. The maximum atomic E-state index is 12.8. The summed E-state index contributed by atoms with van der Waals surface area (Å²) in [7, 11) is 1.62. The number of hydrogen-bond acceptors (Lipinski definition) is 3. The van der Waals surface area contributed by atoms with Gasteiger partial charge in [0.15, 0.2) is 0 Å². The number of ether oxygens (including phenoxy) is 1. The molecule has 0 saturated carbocycles. The zero-order valence-corrected chi connectivity index (χ0v) is 13.0. The first-order valence-electron chi connectivity index (χ1n) is 7.46. The van der Waals surface area contributed by atoms with Gasteiger partial charge in [-0.1, -0.05) is 36.8 Å². The second-order valence-electron chi connectivity index (χ2n) is 5.68. The Bertz CT molecular complexity index is 523. The molecule has 21 heavy (non-hydrogen) atoms. The molecule has 1 fully saturated rings. The average Bonchev–Trinajstić information content (AvgIpc) is 2.73. The number of rotatable bonds is 6. The van der Waals surface area contributed by atoms with Gasteiger partial charge in [-0.3, -0.25) is 14.5 Å². The molecule has 0 N–H and O–H groups in total. The second kappa shape index (κ2) is 6.39. The molecule has 0 aromatic heterocycles. The van der Waals surface area contributed by atoms with Gasteiger partial charge in [-0.25, -0.2) is 0 Å². The van der Waals surface area contributed by atoms with Gasteiger partial charge >= 0.3 is 0 Å². The number of methoxy groups -OCH3 is 1. The largest absolute Gasteiger partial charge is 0.385 e. The van der Waals surface area contributed by atoms with Gasteiger partial charge in [-0.2, -0.15) is 0 Å². The Kier molecular flexibility index (Phi) is 4.78. The fraction of sp³-hybridized carbons (Fsp3) is 0.529. The van der Waals surface area contributed by atoms with E-state index in [2.05, 4.69) is 0 Å². The highest BCUT2D eigenvalue weighted by Gasteiger charge is 2.51. The van der Waals surface area contributed by atoms with Crippen LogP contribution in [0.4, 0.5) is 0 Å². The summed E-state index contributed by atoms with van der Waals surface area (Å²) >= 11 is 0. The Hall–Kier alpha value is -1.68. The molecule has 1 heterocycles. The van der Waals surface area contributed by atoms with Crippen LogP contribution in [-0.2, 0) is 19.7 Å². The van der Waals surface area contributed by atoms with Gasteiger partial charge in [0.25, 0.3) is 0 Å². The molecule has 1 saturated heterocycles. The van der Waals surface area contributed by atoms with Crippen molar-refractivity contribution in [1.82, 2.24) is 4.90 Å². The van der Waals surface area contributed by atoms with Crippen molar-refractivity contribution in [3.8, 4) is 0 Å². The van der Waals surface area contributed by atoms with Crippen molar-refractivity contribution in [1.29, 1.82) is 0 Å². The first-order chi connectivity index (χ1) is 10.0. The molecule has 1 aliphatic heterocycles. The highest BCUT2D eigenvalue weighted by Crippen LogP contribution is 2.39. The van der Waals surface area contributed by atoms with Gasteiger partial charge in [-0.05, 0) is 25.3 Å². The zero-order chi connectivity index (χ0) is 15.5. The smallest absolute Gasteiger partial charge is 0.240 e.